The topological polar surface area (TPSA) is 56.8 Å². The number of esters is 1. The standard InChI is InChI=1S/C15H23NO4S/c1-16-13(10-21-8-7-15(17)20-4)12-6-5-11(18-2)9-14(12)19-3/h5-6,9,13,16H,7-8,10H2,1-4H3. The third-order valence-corrected chi connectivity index (χ3v) is 4.19. The zero-order valence-electron chi connectivity index (χ0n) is 13.0. The SMILES string of the molecule is CNC(CSCCC(=O)OC)c1ccc(OC)cc1OC. The Morgan fingerprint density at radius 3 is 2.62 bits per heavy atom. The van der Waals surface area contributed by atoms with Crippen molar-refractivity contribution in [3.05, 3.63) is 23.8 Å². The van der Waals surface area contributed by atoms with Gasteiger partial charge in [-0.3, -0.25) is 4.79 Å². The van der Waals surface area contributed by atoms with E-state index in [1.165, 1.54) is 7.11 Å². The van der Waals surface area contributed by atoms with E-state index in [4.69, 9.17) is 9.47 Å². The van der Waals surface area contributed by atoms with E-state index in [9.17, 15) is 4.79 Å². The lowest BCUT2D eigenvalue weighted by Crippen LogP contribution is -2.20. The third-order valence-electron chi connectivity index (χ3n) is 3.13. The molecule has 118 valence electrons. The molecule has 0 spiro atoms. The number of hydrogen-bond donors (Lipinski definition) is 1. The minimum absolute atomic E-state index is 0.147. The molecular formula is C15H23NO4S. The molecule has 1 N–H and O–H groups in total. The molecule has 0 aliphatic carbocycles. The van der Waals surface area contributed by atoms with Crippen LogP contribution < -0.4 is 14.8 Å². The molecule has 1 aromatic rings. The quantitative estimate of drug-likeness (QED) is 0.557. The maximum atomic E-state index is 11.1. The summed E-state index contributed by atoms with van der Waals surface area (Å²) in [5, 5.41) is 3.27. The van der Waals surface area contributed by atoms with E-state index < -0.39 is 0 Å². The molecule has 0 aliphatic heterocycles. The van der Waals surface area contributed by atoms with Crippen molar-refractivity contribution >= 4 is 17.7 Å². The van der Waals surface area contributed by atoms with E-state index in [0.29, 0.717) is 6.42 Å². The van der Waals surface area contributed by atoms with Gasteiger partial charge < -0.3 is 19.5 Å². The molecule has 6 heteroatoms. The van der Waals surface area contributed by atoms with Crippen molar-refractivity contribution in [1.29, 1.82) is 0 Å². The van der Waals surface area contributed by atoms with Gasteiger partial charge in [-0.2, -0.15) is 11.8 Å². The summed E-state index contributed by atoms with van der Waals surface area (Å²) < 4.78 is 15.3. The molecule has 0 aliphatic rings. The van der Waals surface area contributed by atoms with Crippen LogP contribution in [0.4, 0.5) is 0 Å². The Balaban J connectivity index is 2.65. The first-order valence-corrected chi connectivity index (χ1v) is 7.85. The molecule has 0 saturated heterocycles. The van der Waals surface area contributed by atoms with Crippen molar-refractivity contribution in [3.63, 3.8) is 0 Å². The predicted octanol–water partition coefficient (Wildman–Crippen LogP) is 2.26. The molecular weight excluding hydrogens is 290 g/mol. The lowest BCUT2D eigenvalue weighted by molar-refractivity contribution is -0.140. The second kappa shape index (κ2) is 9.52. The molecule has 0 saturated carbocycles. The van der Waals surface area contributed by atoms with Crippen LogP contribution in [-0.2, 0) is 9.53 Å². The summed E-state index contributed by atoms with van der Waals surface area (Å²) in [6, 6.07) is 5.94. The summed E-state index contributed by atoms with van der Waals surface area (Å²) in [5.74, 6) is 2.97. The van der Waals surface area contributed by atoms with Gasteiger partial charge in [0.2, 0.25) is 0 Å². The minimum Gasteiger partial charge on any atom is -0.497 e. The highest BCUT2D eigenvalue weighted by atomic mass is 32.2. The van der Waals surface area contributed by atoms with Gasteiger partial charge in [0.15, 0.2) is 0 Å². The van der Waals surface area contributed by atoms with Gasteiger partial charge in [-0.25, -0.2) is 0 Å². The normalized spacial score (nSPS) is 11.8. The van der Waals surface area contributed by atoms with Crippen LogP contribution in [0.1, 0.15) is 18.0 Å². The maximum absolute atomic E-state index is 11.1. The highest BCUT2D eigenvalue weighted by molar-refractivity contribution is 7.99. The van der Waals surface area contributed by atoms with Crippen molar-refractivity contribution in [2.24, 2.45) is 0 Å². The molecule has 0 amide bonds. The van der Waals surface area contributed by atoms with Gasteiger partial charge in [-0.15, -0.1) is 0 Å². The van der Waals surface area contributed by atoms with Crippen LogP contribution in [0.3, 0.4) is 0 Å². The molecule has 0 radical (unpaired) electrons. The number of thioether (sulfide) groups is 1. The van der Waals surface area contributed by atoms with Gasteiger partial charge in [0.25, 0.3) is 0 Å². The fraction of sp³-hybridized carbons (Fsp3) is 0.533. The van der Waals surface area contributed by atoms with Crippen LogP contribution >= 0.6 is 11.8 Å². The largest absolute Gasteiger partial charge is 0.497 e. The van der Waals surface area contributed by atoms with E-state index in [2.05, 4.69) is 10.1 Å². The second-order valence-electron chi connectivity index (χ2n) is 4.35. The Bertz CT molecular complexity index is 453. The fourth-order valence-corrected chi connectivity index (χ4v) is 2.95. The Labute approximate surface area is 130 Å². The highest BCUT2D eigenvalue weighted by Gasteiger charge is 2.15. The number of carbonyl (C=O) groups is 1. The summed E-state index contributed by atoms with van der Waals surface area (Å²) in [5.41, 5.74) is 1.08. The van der Waals surface area contributed by atoms with Crippen LogP contribution in [-0.4, -0.2) is 45.9 Å². The molecule has 0 aromatic heterocycles. The Morgan fingerprint density at radius 2 is 2.05 bits per heavy atom. The number of methoxy groups -OCH3 is 3. The van der Waals surface area contributed by atoms with Gasteiger partial charge in [-0.1, -0.05) is 6.07 Å². The van der Waals surface area contributed by atoms with Gasteiger partial charge in [0, 0.05) is 29.2 Å². The number of nitrogens with one attached hydrogen (secondary N) is 1. The van der Waals surface area contributed by atoms with E-state index >= 15 is 0 Å². The number of benzene rings is 1. The van der Waals surface area contributed by atoms with Gasteiger partial charge in [-0.05, 0) is 13.1 Å². The zero-order valence-corrected chi connectivity index (χ0v) is 13.8. The smallest absolute Gasteiger partial charge is 0.306 e. The van der Waals surface area contributed by atoms with Gasteiger partial charge in [0.1, 0.15) is 11.5 Å². The van der Waals surface area contributed by atoms with Crippen molar-refractivity contribution < 1.29 is 19.0 Å². The van der Waals surface area contributed by atoms with E-state index in [1.807, 2.05) is 25.2 Å². The monoisotopic (exact) mass is 313 g/mol. The molecule has 0 bridgehead atoms. The summed E-state index contributed by atoms with van der Waals surface area (Å²) >= 11 is 1.70. The molecule has 0 heterocycles. The lowest BCUT2D eigenvalue weighted by atomic mass is 10.1. The molecule has 1 aromatic carbocycles. The molecule has 1 rings (SSSR count). The van der Waals surface area contributed by atoms with Crippen molar-refractivity contribution in [2.75, 3.05) is 39.9 Å². The molecule has 0 fully saturated rings. The summed E-state index contributed by atoms with van der Waals surface area (Å²) in [6.45, 7) is 0. The zero-order chi connectivity index (χ0) is 15.7. The number of ether oxygens (including phenoxy) is 3. The molecule has 1 atom stereocenters. The second-order valence-corrected chi connectivity index (χ2v) is 5.50. The van der Waals surface area contributed by atoms with E-state index in [1.54, 1.807) is 26.0 Å². The lowest BCUT2D eigenvalue weighted by Gasteiger charge is -2.19. The number of hydrogen-bond acceptors (Lipinski definition) is 6. The van der Waals surface area contributed by atoms with Crippen LogP contribution in [0.25, 0.3) is 0 Å². The average molecular weight is 313 g/mol. The van der Waals surface area contributed by atoms with Crippen molar-refractivity contribution in [1.82, 2.24) is 5.32 Å². The first-order chi connectivity index (χ1) is 10.2. The molecule has 21 heavy (non-hydrogen) atoms. The fourth-order valence-electron chi connectivity index (χ4n) is 1.89. The van der Waals surface area contributed by atoms with E-state index in [0.717, 1.165) is 28.6 Å². The number of rotatable bonds is 9. The Kier molecular flexibility index (Phi) is 8.00. The molecule has 1 unspecified atom stereocenters. The highest BCUT2D eigenvalue weighted by Crippen LogP contribution is 2.31. The van der Waals surface area contributed by atoms with Crippen molar-refractivity contribution in [3.8, 4) is 11.5 Å². The molecule has 5 nitrogen and oxygen atoms in total. The van der Waals surface area contributed by atoms with E-state index in [-0.39, 0.29) is 12.0 Å². The minimum atomic E-state index is -0.175. The maximum Gasteiger partial charge on any atom is 0.306 e. The van der Waals surface area contributed by atoms with Crippen LogP contribution in [0.5, 0.6) is 11.5 Å². The van der Waals surface area contributed by atoms with Gasteiger partial charge in [0.05, 0.1) is 27.8 Å². The summed E-state index contributed by atoms with van der Waals surface area (Å²) in [4.78, 5) is 11.1. The van der Waals surface area contributed by atoms with Crippen molar-refractivity contribution in [2.45, 2.75) is 12.5 Å². The Morgan fingerprint density at radius 1 is 1.29 bits per heavy atom. The average Bonchev–Trinajstić information content (AvgIpc) is 2.54. The number of carbonyl (C=O) groups excluding carboxylic acids is 1. The van der Waals surface area contributed by atoms with Crippen LogP contribution in [0.15, 0.2) is 18.2 Å². The first kappa shape index (κ1) is 17.7. The third kappa shape index (κ3) is 5.47. The van der Waals surface area contributed by atoms with Crippen LogP contribution in [0, 0.1) is 0 Å². The summed E-state index contributed by atoms with van der Waals surface area (Å²) in [6.07, 6.45) is 0.428. The van der Waals surface area contributed by atoms with Crippen LogP contribution in [0.2, 0.25) is 0 Å². The summed E-state index contributed by atoms with van der Waals surface area (Å²) in [7, 11) is 6.60. The predicted molar refractivity (Wildman–Crippen MR) is 85.3 cm³/mol. The first-order valence-electron chi connectivity index (χ1n) is 6.70. The van der Waals surface area contributed by atoms with Gasteiger partial charge >= 0.3 is 5.97 Å². The Hall–Kier alpha value is -1.40.